The highest BCUT2D eigenvalue weighted by molar-refractivity contribution is 5.81. The van der Waals surface area contributed by atoms with Crippen LogP contribution in [0.3, 0.4) is 0 Å². The molecule has 140 valence electrons. The highest BCUT2D eigenvalue weighted by Crippen LogP contribution is 2.26. The number of rotatable bonds is 6. The first-order valence-electron chi connectivity index (χ1n) is 8.93. The molecular weight excluding hydrogens is 326 g/mol. The van der Waals surface area contributed by atoms with E-state index >= 15 is 0 Å². The van der Waals surface area contributed by atoms with Crippen molar-refractivity contribution in [1.82, 2.24) is 5.32 Å². The fourth-order valence-corrected chi connectivity index (χ4v) is 2.72. The predicted octanol–water partition coefficient (Wildman–Crippen LogP) is 4.64. The second-order valence-electron chi connectivity index (χ2n) is 7.51. The maximum absolute atomic E-state index is 12.5. The molecule has 26 heavy (non-hydrogen) atoms. The van der Waals surface area contributed by atoms with Crippen LogP contribution in [0.15, 0.2) is 48.5 Å². The highest BCUT2D eigenvalue weighted by atomic mass is 16.5. The molecule has 2 rings (SSSR count). The lowest BCUT2D eigenvalue weighted by atomic mass is 9.87. The Balaban J connectivity index is 1.99. The van der Waals surface area contributed by atoms with Gasteiger partial charge in [-0.05, 0) is 43.0 Å². The van der Waals surface area contributed by atoms with Gasteiger partial charge in [0.1, 0.15) is 11.5 Å². The van der Waals surface area contributed by atoms with E-state index in [4.69, 9.17) is 9.47 Å². The molecule has 0 bridgehead atoms. The zero-order chi connectivity index (χ0) is 19.3. The van der Waals surface area contributed by atoms with Gasteiger partial charge < -0.3 is 14.8 Å². The first-order valence-corrected chi connectivity index (χ1v) is 8.93. The molecule has 0 unspecified atom stereocenters. The van der Waals surface area contributed by atoms with E-state index in [0.29, 0.717) is 5.75 Å². The van der Waals surface area contributed by atoms with Gasteiger partial charge in [0.2, 0.25) is 0 Å². The summed E-state index contributed by atoms with van der Waals surface area (Å²) in [5.74, 6) is 1.28. The van der Waals surface area contributed by atoms with Gasteiger partial charge in [-0.1, -0.05) is 51.1 Å². The third-order valence-electron chi connectivity index (χ3n) is 4.37. The molecule has 0 fully saturated rings. The maximum Gasteiger partial charge on any atom is 0.261 e. The molecule has 0 aliphatic heterocycles. The van der Waals surface area contributed by atoms with E-state index in [1.165, 1.54) is 5.56 Å². The molecule has 0 spiro atoms. The van der Waals surface area contributed by atoms with Crippen molar-refractivity contribution in [2.75, 3.05) is 7.11 Å². The Kier molecular flexibility index (Phi) is 6.30. The van der Waals surface area contributed by atoms with Crippen molar-refractivity contribution in [3.05, 3.63) is 59.7 Å². The molecule has 0 saturated carbocycles. The lowest BCUT2D eigenvalue weighted by Crippen LogP contribution is -2.37. The van der Waals surface area contributed by atoms with Crippen molar-refractivity contribution < 1.29 is 14.3 Å². The Morgan fingerprint density at radius 2 is 1.62 bits per heavy atom. The van der Waals surface area contributed by atoms with Crippen LogP contribution in [0.25, 0.3) is 0 Å². The van der Waals surface area contributed by atoms with Gasteiger partial charge in [-0.2, -0.15) is 0 Å². The van der Waals surface area contributed by atoms with E-state index in [9.17, 15) is 4.79 Å². The summed E-state index contributed by atoms with van der Waals surface area (Å²) in [4.78, 5) is 12.5. The number of para-hydroxylation sites is 1. The quantitative estimate of drug-likeness (QED) is 0.821. The molecule has 0 heterocycles. The number of nitrogens with one attached hydrogen (secondary N) is 1. The van der Waals surface area contributed by atoms with Crippen molar-refractivity contribution in [2.24, 2.45) is 0 Å². The monoisotopic (exact) mass is 355 g/mol. The van der Waals surface area contributed by atoms with Crippen LogP contribution in [0.2, 0.25) is 0 Å². The molecule has 4 nitrogen and oxygen atoms in total. The van der Waals surface area contributed by atoms with Gasteiger partial charge in [0, 0.05) is 5.56 Å². The number of carbonyl (C=O) groups is 1. The number of hydrogen-bond acceptors (Lipinski definition) is 3. The van der Waals surface area contributed by atoms with Crippen molar-refractivity contribution in [1.29, 1.82) is 0 Å². The van der Waals surface area contributed by atoms with E-state index in [0.717, 1.165) is 11.3 Å². The highest BCUT2D eigenvalue weighted by Gasteiger charge is 2.20. The van der Waals surface area contributed by atoms with E-state index in [2.05, 4.69) is 26.1 Å². The summed E-state index contributed by atoms with van der Waals surface area (Å²) >= 11 is 0. The topological polar surface area (TPSA) is 47.6 Å². The van der Waals surface area contributed by atoms with Gasteiger partial charge in [-0.25, -0.2) is 0 Å². The van der Waals surface area contributed by atoms with Crippen LogP contribution in [0.5, 0.6) is 11.5 Å². The molecule has 2 aromatic carbocycles. The van der Waals surface area contributed by atoms with Gasteiger partial charge in [0.25, 0.3) is 5.91 Å². The molecular formula is C22H29NO3. The Morgan fingerprint density at radius 1 is 1.00 bits per heavy atom. The Hall–Kier alpha value is -2.49. The average molecular weight is 355 g/mol. The summed E-state index contributed by atoms with van der Waals surface area (Å²) < 4.78 is 11.2. The summed E-state index contributed by atoms with van der Waals surface area (Å²) in [7, 11) is 1.63. The maximum atomic E-state index is 12.5. The van der Waals surface area contributed by atoms with Gasteiger partial charge in [0.05, 0.1) is 13.2 Å². The Bertz CT molecular complexity index is 732. The minimum absolute atomic E-state index is 0.0890. The molecule has 0 saturated heterocycles. The lowest BCUT2D eigenvalue weighted by molar-refractivity contribution is -0.127. The van der Waals surface area contributed by atoms with Gasteiger partial charge in [0.15, 0.2) is 6.10 Å². The first kappa shape index (κ1) is 19.8. The SMILES string of the molecule is COc1ccccc1[C@H](C)NC(=O)[C@H](C)Oc1ccc(C(C)(C)C)cc1. The van der Waals surface area contributed by atoms with E-state index in [-0.39, 0.29) is 17.4 Å². The van der Waals surface area contributed by atoms with Gasteiger partial charge in [-0.15, -0.1) is 0 Å². The average Bonchev–Trinajstić information content (AvgIpc) is 2.61. The zero-order valence-electron chi connectivity index (χ0n) is 16.5. The van der Waals surface area contributed by atoms with Crippen LogP contribution in [0.1, 0.15) is 51.8 Å². The summed E-state index contributed by atoms with van der Waals surface area (Å²) in [6, 6.07) is 15.4. The van der Waals surface area contributed by atoms with Crippen LogP contribution < -0.4 is 14.8 Å². The second kappa shape index (κ2) is 8.26. The first-order chi connectivity index (χ1) is 12.2. The summed E-state index contributed by atoms with van der Waals surface area (Å²) in [6.45, 7) is 10.2. The third kappa shape index (κ3) is 5.01. The van der Waals surface area contributed by atoms with E-state index < -0.39 is 6.10 Å². The molecule has 2 aromatic rings. The summed E-state index contributed by atoms with van der Waals surface area (Å²) in [6.07, 6.45) is -0.590. The molecule has 2 atom stereocenters. The Morgan fingerprint density at radius 3 is 2.19 bits per heavy atom. The standard InChI is InChI=1S/C22H29NO3/c1-15(19-9-7-8-10-20(19)25-6)23-21(24)16(2)26-18-13-11-17(12-14-18)22(3,4)5/h7-16H,1-6H3,(H,23,24)/t15-,16-/m0/s1. The number of amides is 1. The number of benzene rings is 2. The molecule has 0 aliphatic carbocycles. The largest absolute Gasteiger partial charge is 0.496 e. The zero-order valence-corrected chi connectivity index (χ0v) is 16.5. The van der Waals surface area contributed by atoms with Crippen molar-refractivity contribution >= 4 is 5.91 Å². The Labute approximate surface area is 156 Å². The van der Waals surface area contributed by atoms with Crippen LogP contribution >= 0.6 is 0 Å². The van der Waals surface area contributed by atoms with Gasteiger partial charge in [-0.3, -0.25) is 4.79 Å². The second-order valence-corrected chi connectivity index (χ2v) is 7.51. The minimum atomic E-state index is -0.590. The molecule has 4 heteroatoms. The predicted molar refractivity (Wildman–Crippen MR) is 105 cm³/mol. The van der Waals surface area contributed by atoms with Crippen LogP contribution in [-0.4, -0.2) is 19.1 Å². The number of ether oxygens (including phenoxy) is 2. The lowest BCUT2D eigenvalue weighted by Gasteiger charge is -2.21. The fraction of sp³-hybridized carbons (Fsp3) is 0.409. The molecule has 0 aromatic heterocycles. The van der Waals surface area contributed by atoms with Crippen LogP contribution in [0.4, 0.5) is 0 Å². The summed E-state index contributed by atoms with van der Waals surface area (Å²) in [5, 5.41) is 2.98. The summed E-state index contributed by atoms with van der Waals surface area (Å²) in [5.41, 5.74) is 2.25. The van der Waals surface area contributed by atoms with Crippen molar-refractivity contribution in [3.8, 4) is 11.5 Å². The van der Waals surface area contributed by atoms with Crippen molar-refractivity contribution in [3.63, 3.8) is 0 Å². The number of methoxy groups -OCH3 is 1. The minimum Gasteiger partial charge on any atom is -0.496 e. The third-order valence-corrected chi connectivity index (χ3v) is 4.37. The molecule has 1 N–H and O–H groups in total. The van der Waals surface area contributed by atoms with Crippen molar-refractivity contribution in [2.45, 2.75) is 52.2 Å². The number of hydrogen-bond donors (Lipinski definition) is 1. The molecule has 1 amide bonds. The normalized spacial score (nSPS) is 13.6. The van der Waals surface area contributed by atoms with E-state index in [1.54, 1.807) is 14.0 Å². The fourth-order valence-electron chi connectivity index (χ4n) is 2.72. The van der Waals surface area contributed by atoms with Crippen LogP contribution in [0, 0.1) is 0 Å². The number of carbonyl (C=O) groups excluding carboxylic acids is 1. The van der Waals surface area contributed by atoms with Crippen LogP contribution in [-0.2, 0) is 10.2 Å². The van der Waals surface area contributed by atoms with Gasteiger partial charge >= 0.3 is 0 Å². The van der Waals surface area contributed by atoms with E-state index in [1.807, 2.05) is 55.5 Å². The smallest absolute Gasteiger partial charge is 0.261 e. The molecule has 0 radical (unpaired) electrons. The molecule has 0 aliphatic rings.